The number of aromatic nitrogens is 1. The summed E-state index contributed by atoms with van der Waals surface area (Å²) in [7, 11) is 0. The standard InChI is InChI=1S/C15H16N2O/c1-3-5-6-7-8-13-10-14(12-16-11-13)15(18)17-9-4-2/h2,10-12H,3,5-6,9H2,1H3,(H,17,18). The van der Waals surface area contributed by atoms with Gasteiger partial charge in [-0.2, -0.15) is 0 Å². The third kappa shape index (κ3) is 4.72. The van der Waals surface area contributed by atoms with E-state index in [-0.39, 0.29) is 12.5 Å². The van der Waals surface area contributed by atoms with Gasteiger partial charge in [-0.15, -0.1) is 6.42 Å². The van der Waals surface area contributed by atoms with Crippen molar-refractivity contribution in [1.29, 1.82) is 0 Å². The number of carbonyl (C=O) groups is 1. The van der Waals surface area contributed by atoms with Crippen LogP contribution in [0.1, 0.15) is 42.1 Å². The molecule has 0 unspecified atom stereocenters. The van der Waals surface area contributed by atoms with E-state index in [1.54, 1.807) is 12.3 Å². The van der Waals surface area contributed by atoms with Crippen LogP contribution in [-0.2, 0) is 0 Å². The number of amides is 1. The van der Waals surface area contributed by atoms with Gasteiger partial charge >= 0.3 is 0 Å². The summed E-state index contributed by atoms with van der Waals surface area (Å²) in [6.07, 6.45) is 11.3. The van der Waals surface area contributed by atoms with E-state index in [0.717, 1.165) is 24.8 Å². The fourth-order valence-electron chi connectivity index (χ4n) is 1.30. The highest BCUT2D eigenvalue weighted by molar-refractivity contribution is 5.94. The van der Waals surface area contributed by atoms with Gasteiger partial charge in [0.15, 0.2) is 0 Å². The largest absolute Gasteiger partial charge is 0.341 e. The summed E-state index contributed by atoms with van der Waals surface area (Å²) in [4.78, 5) is 15.6. The molecule has 1 aromatic heterocycles. The van der Waals surface area contributed by atoms with Gasteiger partial charge in [-0.25, -0.2) is 0 Å². The first-order chi connectivity index (χ1) is 8.77. The van der Waals surface area contributed by atoms with Crippen molar-refractivity contribution in [3.8, 4) is 24.2 Å². The van der Waals surface area contributed by atoms with Crippen molar-refractivity contribution in [2.24, 2.45) is 0 Å². The molecule has 3 heteroatoms. The Morgan fingerprint density at radius 1 is 1.50 bits per heavy atom. The Labute approximate surface area is 108 Å². The molecule has 18 heavy (non-hydrogen) atoms. The van der Waals surface area contributed by atoms with Gasteiger partial charge in [-0.1, -0.05) is 31.1 Å². The van der Waals surface area contributed by atoms with Crippen molar-refractivity contribution in [3.05, 3.63) is 29.6 Å². The molecule has 0 spiro atoms. The Bertz CT molecular complexity index is 503. The molecule has 1 rings (SSSR count). The highest BCUT2D eigenvalue weighted by Gasteiger charge is 2.04. The zero-order chi connectivity index (χ0) is 13.2. The summed E-state index contributed by atoms with van der Waals surface area (Å²) in [5, 5.41) is 2.59. The van der Waals surface area contributed by atoms with Crippen LogP contribution in [0.5, 0.6) is 0 Å². The van der Waals surface area contributed by atoms with Crippen LogP contribution in [0.4, 0.5) is 0 Å². The molecule has 0 aliphatic carbocycles. The molecule has 0 saturated heterocycles. The third-order valence-electron chi connectivity index (χ3n) is 2.24. The predicted octanol–water partition coefficient (Wildman–Crippen LogP) is 1.99. The lowest BCUT2D eigenvalue weighted by Crippen LogP contribution is -2.23. The fraction of sp³-hybridized carbons (Fsp3) is 0.333. The van der Waals surface area contributed by atoms with E-state index in [4.69, 9.17) is 6.42 Å². The quantitative estimate of drug-likeness (QED) is 0.646. The maximum absolute atomic E-state index is 11.6. The second kappa shape index (κ2) is 7.92. The second-order valence-corrected chi connectivity index (χ2v) is 3.75. The first-order valence-corrected chi connectivity index (χ1v) is 5.93. The minimum Gasteiger partial charge on any atom is -0.341 e. The number of hydrogen-bond acceptors (Lipinski definition) is 2. The van der Waals surface area contributed by atoms with Crippen LogP contribution in [0.2, 0.25) is 0 Å². The first-order valence-electron chi connectivity index (χ1n) is 5.93. The molecule has 3 nitrogen and oxygen atoms in total. The van der Waals surface area contributed by atoms with E-state index in [2.05, 4.69) is 35.0 Å². The van der Waals surface area contributed by atoms with Crippen molar-refractivity contribution in [2.45, 2.75) is 26.2 Å². The van der Waals surface area contributed by atoms with Gasteiger partial charge in [-0.05, 0) is 12.5 Å². The SMILES string of the molecule is C#CCNC(=O)c1cncc(C#CCCCC)c1. The molecule has 0 aliphatic heterocycles. The summed E-state index contributed by atoms with van der Waals surface area (Å²) in [6.45, 7) is 2.34. The monoisotopic (exact) mass is 240 g/mol. The lowest BCUT2D eigenvalue weighted by molar-refractivity contribution is 0.0958. The average molecular weight is 240 g/mol. The van der Waals surface area contributed by atoms with E-state index in [1.165, 1.54) is 6.20 Å². The third-order valence-corrected chi connectivity index (χ3v) is 2.24. The summed E-state index contributed by atoms with van der Waals surface area (Å²) >= 11 is 0. The Morgan fingerprint density at radius 2 is 2.33 bits per heavy atom. The number of pyridine rings is 1. The molecule has 1 N–H and O–H groups in total. The molecular weight excluding hydrogens is 224 g/mol. The molecule has 0 aliphatic rings. The van der Waals surface area contributed by atoms with Crippen LogP contribution >= 0.6 is 0 Å². The van der Waals surface area contributed by atoms with E-state index in [0.29, 0.717) is 5.56 Å². The van der Waals surface area contributed by atoms with Crippen LogP contribution in [0.25, 0.3) is 0 Å². The maximum atomic E-state index is 11.6. The Morgan fingerprint density at radius 3 is 3.06 bits per heavy atom. The van der Waals surface area contributed by atoms with Crippen LogP contribution in [-0.4, -0.2) is 17.4 Å². The number of unbranched alkanes of at least 4 members (excludes halogenated alkanes) is 2. The van der Waals surface area contributed by atoms with Crippen LogP contribution in [0.3, 0.4) is 0 Å². The molecular formula is C15H16N2O. The summed E-state index contributed by atoms with van der Waals surface area (Å²) < 4.78 is 0. The van der Waals surface area contributed by atoms with Crippen molar-refractivity contribution >= 4 is 5.91 Å². The summed E-state index contributed by atoms with van der Waals surface area (Å²) in [5.74, 6) is 8.18. The van der Waals surface area contributed by atoms with Crippen molar-refractivity contribution in [2.75, 3.05) is 6.54 Å². The van der Waals surface area contributed by atoms with E-state index in [1.807, 2.05) is 0 Å². The number of terminal acetylenes is 1. The van der Waals surface area contributed by atoms with E-state index in [9.17, 15) is 4.79 Å². The number of nitrogens with zero attached hydrogens (tertiary/aromatic N) is 1. The molecule has 1 amide bonds. The predicted molar refractivity (Wildman–Crippen MR) is 71.8 cm³/mol. The van der Waals surface area contributed by atoms with Crippen molar-refractivity contribution in [3.63, 3.8) is 0 Å². The topological polar surface area (TPSA) is 42.0 Å². The van der Waals surface area contributed by atoms with Crippen LogP contribution < -0.4 is 5.32 Å². The zero-order valence-electron chi connectivity index (χ0n) is 10.5. The Kier molecular flexibility index (Phi) is 6.08. The van der Waals surface area contributed by atoms with Crippen molar-refractivity contribution in [1.82, 2.24) is 10.3 Å². The van der Waals surface area contributed by atoms with Gasteiger partial charge < -0.3 is 5.32 Å². The molecule has 0 fully saturated rings. The van der Waals surface area contributed by atoms with E-state index >= 15 is 0 Å². The van der Waals surface area contributed by atoms with Gasteiger partial charge in [0.1, 0.15) is 0 Å². The Hall–Kier alpha value is -2.26. The number of hydrogen-bond donors (Lipinski definition) is 1. The second-order valence-electron chi connectivity index (χ2n) is 3.75. The number of rotatable bonds is 4. The highest BCUT2D eigenvalue weighted by atomic mass is 16.1. The minimum absolute atomic E-state index is 0.214. The molecule has 0 bridgehead atoms. The molecule has 1 heterocycles. The molecule has 1 aromatic rings. The summed E-state index contributed by atoms with van der Waals surface area (Å²) in [6, 6.07) is 1.72. The minimum atomic E-state index is -0.224. The van der Waals surface area contributed by atoms with Gasteiger partial charge in [0.05, 0.1) is 12.1 Å². The van der Waals surface area contributed by atoms with Gasteiger partial charge in [-0.3, -0.25) is 9.78 Å². The number of nitrogens with one attached hydrogen (secondary N) is 1. The lowest BCUT2D eigenvalue weighted by atomic mass is 10.2. The molecule has 0 aromatic carbocycles. The smallest absolute Gasteiger partial charge is 0.253 e. The maximum Gasteiger partial charge on any atom is 0.253 e. The van der Waals surface area contributed by atoms with E-state index < -0.39 is 0 Å². The molecule has 0 radical (unpaired) electrons. The van der Waals surface area contributed by atoms with Gasteiger partial charge in [0, 0.05) is 24.4 Å². The zero-order valence-corrected chi connectivity index (χ0v) is 10.5. The van der Waals surface area contributed by atoms with Crippen LogP contribution in [0, 0.1) is 24.2 Å². The van der Waals surface area contributed by atoms with Crippen LogP contribution in [0.15, 0.2) is 18.5 Å². The lowest BCUT2D eigenvalue weighted by Gasteiger charge is -2.00. The molecule has 92 valence electrons. The fourth-order valence-corrected chi connectivity index (χ4v) is 1.30. The normalized spacial score (nSPS) is 8.89. The molecule has 0 atom stereocenters. The average Bonchev–Trinajstić information content (AvgIpc) is 2.41. The molecule has 0 saturated carbocycles. The van der Waals surface area contributed by atoms with Crippen molar-refractivity contribution < 1.29 is 4.79 Å². The van der Waals surface area contributed by atoms with Gasteiger partial charge in [0.2, 0.25) is 0 Å². The first kappa shape index (κ1) is 13.8. The highest BCUT2D eigenvalue weighted by Crippen LogP contribution is 2.02. The Balaban J connectivity index is 2.69. The van der Waals surface area contributed by atoms with Gasteiger partial charge in [0.25, 0.3) is 5.91 Å². The number of carbonyl (C=O) groups excluding carboxylic acids is 1. The summed E-state index contributed by atoms with van der Waals surface area (Å²) in [5.41, 5.74) is 1.23.